The minimum absolute atomic E-state index is 0.0738. The summed E-state index contributed by atoms with van der Waals surface area (Å²) in [6.07, 6.45) is 0. The maximum atomic E-state index is 11.9. The molecule has 18 heavy (non-hydrogen) atoms. The first-order valence-electron chi connectivity index (χ1n) is 6.44. The monoisotopic (exact) mass is 248 g/mol. The van der Waals surface area contributed by atoms with E-state index in [0.717, 1.165) is 36.5 Å². The van der Waals surface area contributed by atoms with Gasteiger partial charge in [-0.2, -0.15) is 0 Å². The molecule has 2 heterocycles. The van der Waals surface area contributed by atoms with Crippen molar-refractivity contribution < 1.29 is 0 Å². The summed E-state index contributed by atoms with van der Waals surface area (Å²) < 4.78 is 1.72. The van der Waals surface area contributed by atoms with Gasteiger partial charge in [0.1, 0.15) is 0 Å². The highest BCUT2D eigenvalue weighted by Crippen LogP contribution is 2.08. The molecule has 0 unspecified atom stereocenters. The molecule has 0 fully saturated rings. The number of nitrogens with zero attached hydrogens (tertiary/aromatic N) is 3. The average Bonchev–Trinajstić information content (AvgIpc) is 2.66. The van der Waals surface area contributed by atoms with Crippen LogP contribution in [0.15, 0.2) is 16.9 Å². The number of aryl methyl sites for hydroxylation is 1. The van der Waals surface area contributed by atoms with Crippen LogP contribution in [-0.4, -0.2) is 39.1 Å². The molecule has 0 atom stereocenters. The van der Waals surface area contributed by atoms with Gasteiger partial charge in [-0.1, -0.05) is 13.8 Å². The van der Waals surface area contributed by atoms with Gasteiger partial charge in [0.15, 0.2) is 5.65 Å². The second-order valence-electron chi connectivity index (χ2n) is 4.43. The molecule has 0 aliphatic carbocycles. The van der Waals surface area contributed by atoms with Crippen LogP contribution >= 0.6 is 0 Å². The summed E-state index contributed by atoms with van der Waals surface area (Å²) in [6, 6.07) is 3.82. The number of fused-ring (bicyclic) bond motifs is 1. The summed E-state index contributed by atoms with van der Waals surface area (Å²) in [5.74, 6) is 0. The molecule has 0 radical (unpaired) electrons. The molecule has 2 aromatic heterocycles. The topological polar surface area (TPSA) is 53.9 Å². The number of likely N-dealkylation sites (N-methyl/N-ethyl adjacent to an activating group) is 1. The molecule has 0 saturated carbocycles. The van der Waals surface area contributed by atoms with Gasteiger partial charge in [0, 0.05) is 18.8 Å². The lowest BCUT2D eigenvalue weighted by atomic mass is 10.3. The number of hydrogen-bond acceptors (Lipinski definition) is 3. The van der Waals surface area contributed by atoms with Gasteiger partial charge in [-0.05, 0) is 32.1 Å². The van der Waals surface area contributed by atoms with Crippen molar-refractivity contribution in [2.75, 3.05) is 19.6 Å². The third-order valence-corrected chi connectivity index (χ3v) is 3.29. The molecular formula is C13H20N4O. The number of nitrogens with one attached hydrogen (secondary N) is 1. The quantitative estimate of drug-likeness (QED) is 0.869. The van der Waals surface area contributed by atoms with Crippen molar-refractivity contribution in [2.24, 2.45) is 0 Å². The highest BCUT2D eigenvalue weighted by atomic mass is 16.1. The van der Waals surface area contributed by atoms with Crippen molar-refractivity contribution in [3.05, 3.63) is 28.3 Å². The summed E-state index contributed by atoms with van der Waals surface area (Å²) in [5, 5.41) is 0. The fraction of sp³-hybridized carbons (Fsp3) is 0.538. The number of imidazole rings is 1. The van der Waals surface area contributed by atoms with Crippen LogP contribution in [0.25, 0.3) is 11.2 Å². The molecule has 0 amide bonds. The van der Waals surface area contributed by atoms with Crippen LogP contribution < -0.4 is 5.69 Å². The largest absolute Gasteiger partial charge is 0.327 e. The third-order valence-electron chi connectivity index (χ3n) is 3.29. The van der Waals surface area contributed by atoms with Gasteiger partial charge in [0.05, 0.1) is 5.52 Å². The molecule has 0 aliphatic rings. The normalized spacial score (nSPS) is 11.6. The number of hydrogen-bond donors (Lipinski definition) is 1. The predicted octanol–water partition coefficient (Wildman–Crippen LogP) is 1.37. The molecule has 0 aliphatic heterocycles. The van der Waals surface area contributed by atoms with Gasteiger partial charge in [0.25, 0.3) is 0 Å². The summed E-state index contributed by atoms with van der Waals surface area (Å²) >= 11 is 0. The second kappa shape index (κ2) is 5.35. The molecule has 1 N–H and O–H groups in total. The number of aromatic amines is 1. The van der Waals surface area contributed by atoms with Crippen LogP contribution in [0.1, 0.15) is 19.5 Å². The van der Waals surface area contributed by atoms with E-state index in [1.807, 2.05) is 19.1 Å². The van der Waals surface area contributed by atoms with Crippen molar-refractivity contribution >= 4 is 11.2 Å². The average molecular weight is 248 g/mol. The molecule has 0 spiro atoms. The van der Waals surface area contributed by atoms with E-state index in [-0.39, 0.29) is 5.69 Å². The summed E-state index contributed by atoms with van der Waals surface area (Å²) in [7, 11) is 0. The fourth-order valence-corrected chi connectivity index (χ4v) is 2.11. The summed E-state index contributed by atoms with van der Waals surface area (Å²) in [6.45, 7) is 9.74. The number of pyridine rings is 1. The Labute approximate surface area is 106 Å². The summed E-state index contributed by atoms with van der Waals surface area (Å²) in [4.78, 5) is 21.5. The maximum absolute atomic E-state index is 11.9. The van der Waals surface area contributed by atoms with Crippen molar-refractivity contribution in [1.82, 2.24) is 19.4 Å². The van der Waals surface area contributed by atoms with Crippen molar-refractivity contribution in [3.8, 4) is 0 Å². The Morgan fingerprint density at radius 3 is 2.72 bits per heavy atom. The van der Waals surface area contributed by atoms with E-state index in [1.54, 1.807) is 4.57 Å². The first-order valence-corrected chi connectivity index (χ1v) is 6.44. The molecule has 0 aromatic carbocycles. The van der Waals surface area contributed by atoms with E-state index in [4.69, 9.17) is 0 Å². The number of rotatable bonds is 5. The van der Waals surface area contributed by atoms with E-state index in [0.29, 0.717) is 6.54 Å². The van der Waals surface area contributed by atoms with E-state index < -0.39 is 0 Å². The SMILES string of the molecule is CCN(CC)CCn1c(=O)[nH]c2ccc(C)nc21. The Kier molecular flexibility index (Phi) is 3.81. The molecule has 0 saturated heterocycles. The highest BCUT2D eigenvalue weighted by Gasteiger charge is 2.09. The van der Waals surface area contributed by atoms with Crippen LogP contribution in [-0.2, 0) is 6.54 Å². The number of H-pyrrole nitrogens is 1. The van der Waals surface area contributed by atoms with Gasteiger partial charge < -0.3 is 9.88 Å². The van der Waals surface area contributed by atoms with E-state index >= 15 is 0 Å². The van der Waals surface area contributed by atoms with Crippen LogP contribution in [0.5, 0.6) is 0 Å². The summed E-state index contributed by atoms with van der Waals surface area (Å²) in [5.41, 5.74) is 2.42. The predicted molar refractivity (Wildman–Crippen MR) is 72.9 cm³/mol. The molecule has 5 nitrogen and oxygen atoms in total. The lowest BCUT2D eigenvalue weighted by molar-refractivity contribution is 0.290. The van der Waals surface area contributed by atoms with Crippen LogP contribution in [0.3, 0.4) is 0 Å². The van der Waals surface area contributed by atoms with Gasteiger partial charge in [-0.25, -0.2) is 9.78 Å². The Morgan fingerprint density at radius 1 is 1.33 bits per heavy atom. The van der Waals surface area contributed by atoms with Crippen LogP contribution in [0.2, 0.25) is 0 Å². The fourth-order valence-electron chi connectivity index (χ4n) is 2.11. The van der Waals surface area contributed by atoms with E-state index in [1.165, 1.54) is 0 Å². The minimum Gasteiger partial charge on any atom is -0.304 e. The molecule has 98 valence electrons. The third kappa shape index (κ3) is 2.46. The zero-order valence-corrected chi connectivity index (χ0v) is 11.2. The van der Waals surface area contributed by atoms with Gasteiger partial charge in [0.2, 0.25) is 0 Å². The van der Waals surface area contributed by atoms with Crippen LogP contribution in [0, 0.1) is 6.92 Å². The Bertz CT molecular complexity index is 580. The second-order valence-corrected chi connectivity index (χ2v) is 4.43. The molecule has 0 bridgehead atoms. The molecule has 2 rings (SSSR count). The maximum Gasteiger partial charge on any atom is 0.327 e. The first-order chi connectivity index (χ1) is 8.65. The molecule has 5 heteroatoms. The zero-order valence-electron chi connectivity index (χ0n) is 11.2. The van der Waals surface area contributed by atoms with Crippen molar-refractivity contribution in [1.29, 1.82) is 0 Å². The van der Waals surface area contributed by atoms with E-state index in [2.05, 4.69) is 28.7 Å². The lowest BCUT2D eigenvalue weighted by Crippen LogP contribution is -2.30. The minimum atomic E-state index is -0.0738. The standard InChI is InChI=1S/C13H20N4O/c1-4-16(5-2)8-9-17-12-11(15-13(17)18)7-6-10(3)14-12/h6-7H,4-5,8-9H2,1-3H3,(H,15,18). The molecular weight excluding hydrogens is 228 g/mol. The highest BCUT2D eigenvalue weighted by molar-refractivity contribution is 5.70. The number of aromatic nitrogens is 3. The Hall–Kier alpha value is -1.62. The molecule has 2 aromatic rings. The smallest absolute Gasteiger partial charge is 0.304 e. The van der Waals surface area contributed by atoms with Crippen molar-refractivity contribution in [2.45, 2.75) is 27.3 Å². The van der Waals surface area contributed by atoms with Crippen LogP contribution in [0.4, 0.5) is 0 Å². The lowest BCUT2D eigenvalue weighted by Gasteiger charge is -2.17. The van der Waals surface area contributed by atoms with Gasteiger partial charge >= 0.3 is 5.69 Å². The Morgan fingerprint density at radius 2 is 2.06 bits per heavy atom. The van der Waals surface area contributed by atoms with Crippen molar-refractivity contribution in [3.63, 3.8) is 0 Å². The van der Waals surface area contributed by atoms with E-state index in [9.17, 15) is 4.79 Å². The van der Waals surface area contributed by atoms with Gasteiger partial charge in [-0.15, -0.1) is 0 Å². The zero-order chi connectivity index (χ0) is 13.1. The Balaban J connectivity index is 2.29. The first kappa shape index (κ1) is 12.8. The van der Waals surface area contributed by atoms with Gasteiger partial charge in [-0.3, -0.25) is 4.57 Å².